The van der Waals surface area contributed by atoms with Crippen LogP contribution < -0.4 is 15.4 Å². The number of aromatic amines is 2. The highest BCUT2D eigenvalue weighted by atomic mass is 16.5. The Bertz CT molecular complexity index is 2320. The van der Waals surface area contributed by atoms with Crippen LogP contribution in [0.3, 0.4) is 0 Å². The van der Waals surface area contributed by atoms with Crippen molar-refractivity contribution in [3.8, 4) is 28.1 Å². The van der Waals surface area contributed by atoms with Crippen LogP contribution in [-0.2, 0) is 32.2 Å². The molecule has 0 spiro atoms. The number of fused-ring (bicyclic) bond motifs is 6. The third-order valence-electron chi connectivity index (χ3n) is 11.3. The summed E-state index contributed by atoms with van der Waals surface area (Å²) in [7, 11) is 2.53. The molecule has 0 saturated carbocycles. The minimum Gasteiger partial charge on any atom is -0.488 e. The molecule has 56 heavy (non-hydrogen) atoms. The molecule has 15 nitrogen and oxygen atoms in total. The van der Waals surface area contributed by atoms with Gasteiger partial charge in [-0.3, -0.25) is 9.59 Å². The second-order valence-corrected chi connectivity index (χ2v) is 15.0. The molecule has 294 valence electrons. The van der Waals surface area contributed by atoms with Crippen LogP contribution in [0.25, 0.3) is 44.2 Å². The Labute approximate surface area is 324 Å². The first kappa shape index (κ1) is 38.2. The zero-order valence-corrected chi connectivity index (χ0v) is 32.7. The van der Waals surface area contributed by atoms with E-state index in [4.69, 9.17) is 9.72 Å². The van der Waals surface area contributed by atoms with E-state index in [2.05, 4.69) is 72.3 Å². The van der Waals surface area contributed by atoms with Gasteiger partial charge in [0.1, 0.15) is 37.1 Å². The monoisotopic (exact) mass is 764 g/mol. The normalized spacial score (nSPS) is 17.9. The smallest absolute Gasteiger partial charge is 0.407 e. The summed E-state index contributed by atoms with van der Waals surface area (Å²) >= 11 is 0. The number of benzene rings is 3. The van der Waals surface area contributed by atoms with E-state index >= 15 is 0 Å². The number of aromatic nitrogens is 4. The quantitative estimate of drug-likeness (QED) is 0.132. The van der Waals surface area contributed by atoms with Crippen molar-refractivity contribution in [1.29, 1.82) is 0 Å². The van der Waals surface area contributed by atoms with Crippen LogP contribution in [0.4, 0.5) is 9.59 Å². The van der Waals surface area contributed by atoms with Crippen molar-refractivity contribution in [2.75, 3.05) is 27.3 Å². The predicted octanol–water partition coefficient (Wildman–Crippen LogP) is 6.05. The lowest BCUT2D eigenvalue weighted by Crippen LogP contribution is -2.46. The van der Waals surface area contributed by atoms with Gasteiger partial charge in [-0.05, 0) is 78.4 Å². The zero-order chi connectivity index (χ0) is 39.8. The Kier molecular flexibility index (Phi) is 10.6. The van der Waals surface area contributed by atoms with E-state index in [0.717, 1.165) is 61.9 Å². The maximum absolute atomic E-state index is 13.3. The summed E-state index contributed by atoms with van der Waals surface area (Å²) < 4.78 is 15.7. The van der Waals surface area contributed by atoms with Gasteiger partial charge in [-0.15, -0.1) is 0 Å². The number of carbonyl (C=O) groups is 4. The first-order valence-electron chi connectivity index (χ1n) is 18.9. The van der Waals surface area contributed by atoms with Crippen LogP contribution in [0, 0.1) is 11.8 Å². The Hall–Kier alpha value is -6.12. The van der Waals surface area contributed by atoms with Gasteiger partial charge in [0, 0.05) is 23.0 Å². The molecule has 2 aliphatic rings. The van der Waals surface area contributed by atoms with E-state index in [-0.39, 0.29) is 61.4 Å². The number of ether oxygens (including phenoxy) is 3. The van der Waals surface area contributed by atoms with Crippen molar-refractivity contribution in [3.05, 3.63) is 65.9 Å². The number of hydrogen-bond acceptors (Lipinski definition) is 9. The van der Waals surface area contributed by atoms with Crippen molar-refractivity contribution in [1.82, 2.24) is 40.4 Å². The fraction of sp³-hybridized carbons (Fsp3) is 0.415. The molecular formula is C41H48N8O7. The average molecular weight is 765 g/mol. The third kappa shape index (κ3) is 7.32. The Morgan fingerprint density at radius 2 is 1.71 bits per heavy atom. The highest BCUT2D eigenvalue weighted by molar-refractivity contribution is 6.07. The van der Waals surface area contributed by atoms with Crippen LogP contribution in [0.15, 0.2) is 48.7 Å². The summed E-state index contributed by atoms with van der Waals surface area (Å²) in [5.41, 5.74) is 6.50. The van der Waals surface area contributed by atoms with Gasteiger partial charge in [0.05, 0.1) is 49.7 Å². The molecule has 3 unspecified atom stereocenters. The number of rotatable bonds is 10. The maximum Gasteiger partial charge on any atom is 0.407 e. The molecule has 0 radical (unpaired) electrons. The van der Waals surface area contributed by atoms with Gasteiger partial charge in [0.15, 0.2) is 0 Å². The van der Waals surface area contributed by atoms with Crippen molar-refractivity contribution >= 4 is 45.8 Å². The molecule has 0 bridgehead atoms. The largest absolute Gasteiger partial charge is 0.488 e. The van der Waals surface area contributed by atoms with E-state index in [9.17, 15) is 19.2 Å². The van der Waals surface area contributed by atoms with Gasteiger partial charge >= 0.3 is 12.2 Å². The number of nitrogens with zero attached hydrogens (tertiary/aromatic N) is 4. The van der Waals surface area contributed by atoms with Crippen molar-refractivity contribution in [2.24, 2.45) is 11.8 Å². The molecule has 1 fully saturated rings. The summed E-state index contributed by atoms with van der Waals surface area (Å²) in [5, 5.41) is 6.94. The van der Waals surface area contributed by atoms with Gasteiger partial charge in [0.25, 0.3) is 0 Å². The lowest BCUT2D eigenvalue weighted by Gasteiger charge is -2.31. The van der Waals surface area contributed by atoms with Crippen molar-refractivity contribution in [3.63, 3.8) is 0 Å². The number of nitrogens with one attached hydrogen (secondary N) is 4. The van der Waals surface area contributed by atoms with E-state index in [1.165, 1.54) is 14.2 Å². The van der Waals surface area contributed by atoms with E-state index in [1.54, 1.807) is 11.1 Å². The number of hydrogen-bond donors (Lipinski definition) is 4. The van der Waals surface area contributed by atoms with Gasteiger partial charge < -0.3 is 44.6 Å². The molecule has 4 atom stereocenters. The minimum absolute atomic E-state index is 0.0315. The summed E-state index contributed by atoms with van der Waals surface area (Å²) in [6.45, 7) is 10.5. The second kappa shape index (κ2) is 15.6. The third-order valence-corrected chi connectivity index (χ3v) is 11.3. The zero-order valence-electron chi connectivity index (χ0n) is 32.7. The number of likely N-dealkylation sites (tertiary alicyclic amines) is 1. The number of carbonyl (C=O) groups excluding carboxylic acids is 4. The SMILES string of the molecule is COC(=O)NCC(=O)N1C(c2nc3c(ccc4cc5c(cc43)OCc3cc(-c4cnc(CN(C(=O)CNC(=O)OC)[C@@H](C)C(C)C)[nH]4)ccc3-5)[nH]2)CC(C)C1C. The second-order valence-electron chi connectivity index (χ2n) is 15.0. The van der Waals surface area contributed by atoms with E-state index in [0.29, 0.717) is 18.3 Å². The summed E-state index contributed by atoms with van der Waals surface area (Å²) in [6, 6.07) is 14.1. The average Bonchev–Trinajstić information content (AvgIpc) is 3.93. The van der Waals surface area contributed by atoms with Crippen LogP contribution >= 0.6 is 0 Å². The van der Waals surface area contributed by atoms with Crippen molar-refractivity contribution in [2.45, 2.75) is 72.3 Å². The van der Waals surface area contributed by atoms with Gasteiger partial charge in [-0.2, -0.15) is 0 Å². The number of alkyl carbamates (subject to hydrolysis) is 2. The summed E-state index contributed by atoms with van der Waals surface area (Å²) in [6.07, 6.45) is 1.20. The lowest BCUT2D eigenvalue weighted by molar-refractivity contribution is -0.134. The molecule has 15 heteroatoms. The van der Waals surface area contributed by atoms with Crippen LogP contribution in [0.2, 0.25) is 0 Å². The molecular weight excluding hydrogens is 716 g/mol. The number of amides is 4. The van der Waals surface area contributed by atoms with E-state index in [1.807, 2.05) is 44.7 Å². The molecule has 1 saturated heterocycles. The maximum atomic E-state index is 13.3. The first-order chi connectivity index (χ1) is 26.9. The number of H-pyrrole nitrogens is 2. The van der Waals surface area contributed by atoms with E-state index < -0.39 is 12.2 Å². The highest BCUT2D eigenvalue weighted by Gasteiger charge is 2.41. The Morgan fingerprint density at radius 1 is 0.964 bits per heavy atom. The fourth-order valence-corrected chi connectivity index (χ4v) is 7.70. The lowest BCUT2D eigenvalue weighted by atomic mass is 9.92. The standard InChI is InChI=1S/C41H48N8O7/c1-21(2)23(4)48(36(50)17-43-40(52)54-6)19-35-42-16-32(45-35)26-8-10-28-27(13-26)20-56-34-15-29-25(14-30(28)34)9-11-31-38(29)47-39(46-31)33-12-22(3)24(5)49(33)37(51)18-44-41(53)55-7/h8-11,13-16,21-24,33H,12,17-20H2,1-7H3,(H,42,45)(H,43,52)(H,44,53)(H,46,47)/t22?,23-,24?,33?/m0/s1. The molecule has 4 amide bonds. The first-order valence-corrected chi connectivity index (χ1v) is 18.9. The van der Waals surface area contributed by atoms with Crippen molar-refractivity contribution < 1.29 is 33.4 Å². The van der Waals surface area contributed by atoms with Crippen LogP contribution in [-0.4, -0.2) is 93.1 Å². The van der Waals surface area contributed by atoms with Crippen LogP contribution in [0.1, 0.15) is 64.3 Å². The summed E-state index contributed by atoms with van der Waals surface area (Å²) in [5.74, 6) is 2.10. The Balaban J connectivity index is 1.13. The molecule has 7 rings (SSSR count). The molecule has 5 aromatic rings. The summed E-state index contributed by atoms with van der Waals surface area (Å²) in [4.78, 5) is 69.8. The number of imidazole rings is 2. The molecule has 0 aliphatic carbocycles. The fourth-order valence-electron chi connectivity index (χ4n) is 7.70. The van der Waals surface area contributed by atoms with Gasteiger partial charge in [-0.25, -0.2) is 19.6 Å². The van der Waals surface area contributed by atoms with Crippen LogP contribution in [0.5, 0.6) is 5.75 Å². The topological polar surface area (TPSA) is 184 Å². The molecule has 2 aromatic heterocycles. The molecule has 2 aliphatic heterocycles. The van der Waals surface area contributed by atoms with Gasteiger partial charge in [-0.1, -0.05) is 39.0 Å². The molecule has 3 aromatic carbocycles. The van der Waals surface area contributed by atoms with Gasteiger partial charge in [0.2, 0.25) is 11.8 Å². The minimum atomic E-state index is -0.660. The number of methoxy groups -OCH3 is 2. The Morgan fingerprint density at radius 3 is 2.45 bits per heavy atom. The highest BCUT2D eigenvalue weighted by Crippen LogP contribution is 2.44. The molecule has 4 N–H and O–H groups in total. The predicted molar refractivity (Wildman–Crippen MR) is 209 cm³/mol. The molecule has 4 heterocycles.